The minimum absolute atomic E-state index is 0.0368. The number of aliphatic hydroxyl groups excluding tert-OH is 1. The van der Waals surface area contributed by atoms with Gasteiger partial charge in [0.2, 0.25) is 53.2 Å². The molecule has 10 atom stereocenters. The zero-order chi connectivity index (χ0) is 60.9. The van der Waals surface area contributed by atoms with Crippen LogP contribution >= 0.6 is 0 Å². The van der Waals surface area contributed by atoms with E-state index in [-0.39, 0.29) is 99.9 Å². The molecule has 0 aliphatic heterocycles. The first kappa shape index (κ1) is 69.0. The first-order valence-corrected chi connectivity index (χ1v) is 27.1. The molecule has 0 spiro atoms. The minimum atomic E-state index is -1.54. The molecule has 22 N–H and O–H groups in total. The van der Waals surface area contributed by atoms with Crippen LogP contribution in [0, 0.1) is 28.6 Å². The van der Waals surface area contributed by atoms with Crippen molar-refractivity contribution in [1.29, 1.82) is 10.8 Å². The van der Waals surface area contributed by atoms with E-state index in [1.807, 2.05) is 0 Å². The lowest BCUT2D eigenvalue weighted by molar-refractivity contribution is -0.136. The van der Waals surface area contributed by atoms with Crippen LogP contribution < -0.4 is 75.7 Å². The van der Waals surface area contributed by atoms with E-state index in [1.165, 1.54) is 31.6 Å². The van der Waals surface area contributed by atoms with Gasteiger partial charge in [0, 0.05) is 25.7 Å². The molecule has 2 aromatic rings. The summed E-state index contributed by atoms with van der Waals surface area (Å²) in [4.78, 5) is 131. The van der Waals surface area contributed by atoms with E-state index in [4.69, 9.17) is 28.0 Å². The van der Waals surface area contributed by atoms with Crippen molar-refractivity contribution in [2.24, 2.45) is 35.0 Å². The number of primary amides is 1. The molecule has 0 saturated carbocycles. The van der Waals surface area contributed by atoms with Crippen molar-refractivity contribution in [3.05, 3.63) is 48.0 Å². The summed E-state index contributed by atoms with van der Waals surface area (Å²) in [5.74, 6) is -8.63. The van der Waals surface area contributed by atoms with Gasteiger partial charge in [-0.1, -0.05) is 60.1 Å². The molecule has 1 aromatic carbocycles. The number of aliphatic hydroxyl groups is 1. The molecule has 29 heteroatoms. The number of hydrogen-bond acceptors (Lipinski definition) is 15. The largest absolute Gasteiger partial charge is 0.508 e. The summed E-state index contributed by atoms with van der Waals surface area (Å²) >= 11 is 0. The van der Waals surface area contributed by atoms with Crippen molar-refractivity contribution < 1.29 is 53.4 Å². The van der Waals surface area contributed by atoms with Gasteiger partial charge in [0.05, 0.1) is 24.7 Å². The standard InChI is InChI=1S/C52H88N18O11/c1-9-29(6)41(42(53)73)70-50(81)40(25-71)69-48(79)38(21-28(4)5)68-47(78)37(20-27(2)3)67-45(76)35(13-11-19-61-52(56)57)64-44(75)34(12-10-18-60-51(54)55)65-49(80)39(23-32-24-59-26-62-32)66-43(74)30(7)63-46(77)36(58-8)22-31-14-16-33(72)17-15-31/h14-17,24,26-30,34-41,58,71-72H,9-13,18-23,25H2,1-8H3,(H2,53,73)(H,59,62)(H,63,77)(H,64,75)(H,65,80)(H,66,74)(H,67,76)(H,68,78)(H,69,79)(H,70,81)(H4,54,55,60)(H4,56,57,61)/t29-,30-,34-,35-,36-,37-,38-,39-,40-,41-/m0/s1. The average molecular weight is 1140 g/mol. The molecule has 81 heavy (non-hydrogen) atoms. The second-order valence-corrected chi connectivity index (χ2v) is 20.8. The van der Waals surface area contributed by atoms with Crippen molar-refractivity contribution in [3.8, 4) is 5.75 Å². The topological polar surface area (TPSA) is 481 Å². The Labute approximate surface area is 472 Å². The van der Waals surface area contributed by atoms with Gasteiger partial charge in [-0.3, -0.25) is 54.0 Å². The second-order valence-electron chi connectivity index (χ2n) is 20.8. The predicted molar refractivity (Wildman–Crippen MR) is 301 cm³/mol. The third-order valence-corrected chi connectivity index (χ3v) is 12.9. The summed E-state index contributed by atoms with van der Waals surface area (Å²) in [7, 11) is 1.57. The van der Waals surface area contributed by atoms with Gasteiger partial charge < -0.3 is 90.9 Å². The number of hydrogen-bond donors (Lipinski definition) is 19. The number of phenolic OH excluding ortho intramolecular Hbond substituents is 1. The first-order chi connectivity index (χ1) is 38.2. The highest BCUT2D eigenvalue weighted by Gasteiger charge is 2.36. The number of amides is 9. The Bertz CT molecular complexity index is 2390. The molecule has 0 saturated heterocycles. The second kappa shape index (κ2) is 35.5. The highest BCUT2D eigenvalue weighted by molar-refractivity contribution is 5.98. The van der Waals surface area contributed by atoms with Crippen LogP contribution in [0.5, 0.6) is 5.75 Å². The van der Waals surface area contributed by atoms with E-state index in [0.29, 0.717) is 12.1 Å². The van der Waals surface area contributed by atoms with E-state index in [0.717, 1.165) is 5.56 Å². The number of aromatic amines is 1. The summed E-state index contributed by atoms with van der Waals surface area (Å²) in [6.45, 7) is 11.4. The molecule has 0 aliphatic rings. The third-order valence-electron chi connectivity index (χ3n) is 12.9. The van der Waals surface area contributed by atoms with Gasteiger partial charge in [-0.15, -0.1) is 0 Å². The summed E-state index contributed by atoms with van der Waals surface area (Å²) in [5.41, 5.74) is 17.6. The Kier molecular flexibility index (Phi) is 30.3. The van der Waals surface area contributed by atoms with Gasteiger partial charge in [-0.2, -0.15) is 0 Å². The van der Waals surface area contributed by atoms with Gasteiger partial charge in [0.15, 0.2) is 11.9 Å². The monoisotopic (exact) mass is 1140 g/mol. The number of H-pyrrole nitrogens is 1. The van der Waals surface area contributed by atoms with Crippen LogP contribution in [0.2, 0.25) is 0 Å². The van der Waals surface area contributed by atoms with Gasteiger partial charge >= 0.3 is 0 Å². The maximum absolute atomic E-state index is 14.5. The molecule has 0 unspecified atom stereocenters. The Morgan fingerprint density at radius 3 is 1.43 bits per heavy atom. The fourth-order valence-electron chi connectivity index (χ4n) is 8.23. The number of likely N-dealkylation sites (N-methyl/N-ethyl adjacent to an activating group) is 1. The van der Waals surface area contributed by atoms with E-state index in [2.05, 4.69) is 68.5 Å². The van der Waals surface area contributed by atoms with Crippen molar-refractivity contribution in [2.45, 2.75) is 161 Å². The number of nitrogens with one attached hydrogen (secondary N) is 14. The molecule has 1 heterocycles. The van der Waals surface area contributed by atoms with Crippen molar-refractivity contribution in [1.82, 2.24) is 68.5 Å². The van der Waals surface area contributed by atoms with Crippen LogP contribution in [0.1, 0.15) is 105 Å². The minimum Gasteiger partial charge on any atom is -0.508 e. The van der Waals surface area contributed by atoms with Gasteiger partial charge in [0.1, 0.15) is 54.1 Å². The molecule has 0 radical (unpaired) electrons. The lowest BCUT2D eigenvalue weighted by atomic mass is 9.98. The first-order valence-electron chi connectivity index (χ1n) is 27.1. The molecule has 452 valence electrons. The smallest absolute Gasteiger partial charge is 0.245 e. The average Bonchev–Trinajstić information content (AvgIpc) is 3.94. The zero-order valence-corrected chi connectivity index (χ0v) is 47.6. The maximum atomic E-state index is 14.5. The summed E-state index contributed by atoms with van der Waals surface area (Å²) in [5, 5.41) is 64.2. The van der Waals surface area contributed by atoms with Crippen LogP contribution in [0.15, 0.2) is 36.8 Å². The fraction of sp³-hybridized carbons (Fsp3) is 0.615. The van der Waals surface area contributed by atoms with E-state index in [1.54, 1.807) is 60.7 Å². The van der Waals surface area contributed by atoms with Crippen molar-refractivity contribution in [2.75, 3.05) is 26.7 Å². The van der Waals surface area contributed by atoms with Crippen molar-refractivity contribution >= 4 is 65.1 Å². The number of imidazole rings is 1. The lowest BCUT2D eigenvalue weighted by Crippen LogP contribution is -2.61. The van der Waals surface area contributed by atoms with E-state index >= 15 is 0 Å². The van der Waals surface area contributed by atoms with Crippen LogP contribution in [-0.4, -0.2) is 166 Å². The number of guanidine groups is 2. The van der Waals surface area contributed by atoms with Crippen LogP contribution in [0.25, 0.3) is 0 Å². The summed E-state index contributed by atoms with van der Waals surface area (Å²) in [6, 6.07) is -5.11. The predicted octanol–water partition coefficient (Wildman–Crippen LogP) is -3.47. The zero-order valence-electron chi connectivity index (χ0n) is 47.6. The molecule has 0 aliphatic carbocycles. The normalized spacial score (nSPS) is 14.9. The van der Waals surface area contributed by atoms with Gasteiger partial charge in [0.25, 0.3) is 0 Å². The number of benzene rings is 1. The van der Waals surface area contributed by atoms with Crippen LogP contribution in [0.3, 0.4) is 0 Å². The fourth-order valence-corrected chi connectivity index (χ4v) is 8.23. The van der Waals surface area contributed by atoms with Gasteiger partial charge in [-0.05, 0) is 94.4 Å². The van der Waals surface area contributed by atoms with Crippen LogP contribution in [0.4, 0.5) is 0 Å². The summed E-state index contributed by atoms with van der Waals surface area (Å²) in [6.07, 6.45) is 3.57. The number of phenols is 1. The molecular formula is C52H88N18O11. The Morgan fingerprint density at radius 2 is 1.01 bits per heavy atom. The number of aromatic nitrogens is 2. The molecule has 9 amide bonds. The van der Waals surface area contributed by atoms with E-state index < -0.39 is 114 Å². The molecule has 0 bridgehead atoms. The Balaban J connectivity index is 2.46. The molecular weight excluding hydrogens is 1050 g/mol. The number of carbonyl (C=O) groups excluding carboxylic acids is 9. The number of rotatable bonds is 37. The maximum Gasteiger partial charge on any atom is 0.245 e. The SMILES string of the molecule is CC[C@H](C)[C@H](NC(=O)[C@H](CO)NC(=O)[C@H](CC(C)C)NC(=O)[C@H](CC(C)C)NC(=O)[C@H](CCCNC(=N)N)NC(=O)[C@H](CCCNC(=N)N)NC(=O)[C@H](Cc1c[nH]cn1)NC(=O)[C@H](C)NC(=O)[C@H](Cc1ccc(O)cc1)NC)C(N)=O. The number of aromatic hydroxyl groups is 1. The molecule has 2 rings (SSSR count). The molecule has 1 aromatic heterocycles. The number of nitrogens with zero attached hydrogens (tertiary/aromatic N) is 1. The lowest BCUT2D eigenvalue weighted by Gasteiger charge is -2.29. The summed E-state index contributed by atoms with van der Waals surface area (Å²) < 4.78 is 0. The third kappa shape index (κ3) is 25.7. The van der Waals surface area contributed by atoms with Crippen LogP contribution in [-0.2, 0) is 56.0 Å². The van der Waals surface area contributed by atoms with E-state index in [9.17, 15) is 53.4 Å². The van der Waals surface area contributed by atoms with Crippen molar-refractivity contribution in [3.63, 3.8) is 0 Å². The highest BCUT2D eigenvalue weighted by atomic mass is 16.3. The van der Waals surface area contributed by atoms with Gasteiger partial charge in [-0.25, -0.2) is 4.98 Å². The Morgan fingerprint density at radius 1 is 0.580 bits per heavy atom. The Hall–Kier alpha value is -8.08. The highest BCUT2D eigenvalue weighted by Crippen LogP contribution is 2.14. The number of carbonyl (C=O) groups is 9. The number of nitrogens with two attached hydrogens (primary N) is 3. The molecule has 29 nitrogen and oxygen atoms in total. The molecule has 0 fully saturated rings. The quantitative estimate of drug-likeness (QED) is 0.0178.